The van der Waals surface area contributed by atoms with Gasteiger partial charge in [-0.15, -0.1) is 0 Å². The highest BCUT2D eigenvalue weighted by molar-refractivity contribution is 6.30. The fourth-order valence-corrected chi connectivity index (χ4v) is 2.16. The van der Waals surface area contributed by atoms with E-state index in [-0.39, 0.29) is 11.9 Å². The minimum atomic E-state index is -0.291. The van der Waals surface area contributed by atoms with Crippen LogP contribution in [0.15, 0.2) is 42.5 Å². The lowest BCUT2D eigenvalue weighted by molar-refractivity contribution is 0.576. The van der Waals surface area contributed by atoms with E-state index in [2.05, 4.69) is 5.32 Å². The highest BCUT2D eigenvalue weighted by Gasteiger charge is 2.16. The number of hydrogen-bond acceptors (Lipinski definition) is 2. The third-order valence-electron chi connectivity index (χ3n) is 2.80. The summed E-state index contributed by atoms with van der Waals surface area (Å²) in [5.74, 6) is -0.291. The molecule has 0 aromatic heterocycles. The Balaban J connectivity index is 2.48. The molecule has 0 spiro atoms. The molecule has 2 rings (SSSR count). The molecule has 0 aliphatic heterocycles. The van der Waals surface area contributed by atoms with Crippen LogP contribution in [-0.4, -0.2) is 7.05 Å². The molecule has 0 bridgehead atoms. The van der Waals surface area contributed by atoms with Crippen molar-refractivity contribution in [2.75, 3.05) is 12.8 Å². The molecule has 2 nitrogen and oxygen atoms in total. The highest BCUT2D eigenvalue weighted by Crippen LogP contribution is 2.27. The highest BCUT2D eigenvalue weighted by atomic mass is 35.5. The van der Waals surface area contributed by atoms with Crippen LogP contribution in [0.5, 0.6) is 0 Å². The van der Waals surface area contributed by atoms with Gasteiger partial charge in [-0.25, -0.2) is 4.39 Å². The predicted molar refractivity (Wildman–Crippen MR) is 73.2 cm³/mol. The van der Waals surface area contributed by atoms with Crippen molar-refractivity contribution in [3.63, 3.8) is 0 Å². The molecule has 0 aliphatic rings. The van der Waals surface area contributed by atoms with Crippen molar-refractivity contribution < 1.29 is 4.39 Å². The lowest BCUT2D eigenvalue weighted by atomic mass is 9.98. The van der Waals surface area contributed by atoms with E-state index in [1.165, 1.54) is 12.1 Å². The number of nitrogens with two attached hydrogens (primary N) is 1. The largest absolute Gasteiger partial charge is 0.399 e. The Morgan fingerprint density at radius 2 is 2.00 bits per heavy atom. The van der Waals surface area contributed by atoms with Crippen LogP contribution in [-0.2, 0) is 0 Å². The van der Waals surface area contributed by atoms with E-state index < -0.39 is 0 Å². The Kier molecular flexibility index (Phi) is 3.84. The Bertz CT molecular complexity index is 557. The van der Waals surface area contributed by atoms with Gasteiger partial charge in [-0.3, -0.25) is 0 Å². The molecule has 2 aromatic rings. The molecule has 4 heteroatoms. The maximum atomic E-state index is 13.9. The standard InChI is InChI=1S/C14H14ClFN2/c1-18-14(9-3-2-4-11(17)7-9)12-8-10(15)5-6-13(12)16/h2-8,14,18H,17H2,1H3. The van der Waals surface area contributed by atoms with E-state index in [9.17, 15) is 4.39 Å². The average Bonchev–Trinajstić information content (AvgIpc) is 2.35. The SMILES string of the molecule is CNC(c1cccc(N)c1)c1cc(Cl)ccc1F. The van der Waals surface area contributed by atoms with Crippen molar-refractivity contribution >= 4 is 17.3 Å². The van der Waals surface area contributed by atoms with Gasteiger partial charge in [0.05, 0.1) is 6.04 Å². The van der Waals surface area contributed by atoms with Gasteiger partial charge in [-0.2, -0.15) is 0 Å². The van der Waals surface area contributed by atoms with Gasteiger partial charge in [0.1, 0.15) is 5.82 Å². The van der Waals surface area contributed by atoms with E-state index in [1.807, 2.05) is 18.2 Å². The zero-order valence-electron chi connectivity index (χ0n) is 9.95. The monoisotopic (exact) mass is 264 g/mol. The summed E-state index contributed by atoms with van der Waals surface area (Å²) >= 11 is 5.92. The first-order valence-corrected chi connectivity index (χ1v) is 5.97. The zero-order valence-corrected chi connectivity index (χ0v) is 10.7. The molecular formula is C14H14ClFN2. The van der Waals surface area contributed by atoms with Gasteiger partial charge >= 0.3 is 0 Å². The first-order chi connectivity index (χ1) is 8.61. The van der Waals surface area contributed by atoms with E-state index in [0.29, 0.717) is 16.3 Å². The molecule has 0 fully saturated rings. The van der Waals surface area contributed by atoms with Crippen molar-refractivity contribution in [3.8, 4) is 0 Å². The van der Waals surface area contributed by atoms with Gasteiger partial charge in [-0.1, -0.05) is 23.7 Å². The fraction of sp³-hybridized carbons (Fsp3) is 0.143. The molecule has 1 atom stereocenters. The summed E-state index contributed by atoms with van der Waals surface area (Å²) < 4.78 is 13.9. The lowest BCUT2D eigenvalue weighted by Gasteiger charge is -2.18. The second-order valence-electron chi connectivity index (χ2n) is 4.06. The molecule has 1 unspecified atom stereocenters. The number of nitrogen functional groups attached to an aromatic ring is 1. The molecule has 0 aliphatic carbocycles. The van der Waals surface area contributed by atoms with Gasteiger partial charge < -0.3 is 11.1 Å². The molecule has 0 saturated carbocycles. The summed E-state index contributed by atoms with van der Waals surface area (Å²) in [7, 11) is 1.77. The predicted octanol–water partition coefficient (Wildman–Crippen LogP) is 3.37. The van der Waals surface area contributed by atoms with Crippen molar-refractivity contribution in [2.24, 2.45) is 0 Å². The molecule has 18 heavy (non-hydrogen) atoms. The Morgan fingerprint density at radius 1 is 1.22 bits per heavy atom. The minimum absolute atomic E-state index is 0.271. The van der Waals surface area contributed by atoms with E-state index >= 15 is 0 Å². The second-order valence-corrected chi connectivity index (χ2v) is 4.49. The minimum Gasteiger partial charge on any atom is -0.399 e. The smallest absolute Gasteiger partial charge is 0.128 e. The summed E-state index contributed by atoms with van der Waals surface area (Å²) in [5.41, 5.74) is 7.81. The van der Waals surface area contributed by atoms with Crippen molar-refractivity contribution in [3.05, 3.63) is 64.4 Å². The van der Waals surface area contributed by atoms with Crippen LogP contribution in [0.2, 0.25) is 5.02 Å². The first kappa shape index (κ1) is 12.9. The van der Waals surface area contributed by atoms with Crippen LogP contribution in [0, 0.1) is 5.82 Å². The number of benzene rings is 2. The lowest BCUT2D eigenvalue weighted by Crippen LogP contribution is -2.19. The Morgan fingerprint density at radius 3 is 2.67 bits per heavy atom. The summed E-state index contributed by atoms with van der Waals surface area (Å²) in [6.45, 7) is 0. The number of halogens is 2. The number of anilines is 1. The molecule has 0 heterocycles. The van der Waals surface area contributed by atoms with Crippen LogP contribution in [0.1, 0.15) is 17.2 Å². The number of nitrogens with one attached hydrogen (secondary N) is 1. The number of rotatable bonds is 3. The summed E-state index contributed by atoms with van der Waals surface area (Å²) in [6.07, 6.45) is 0. The van der Waals surface area contributed by atoms with Gasteiger partial charge in [-0.05, 0) is 42.9 Å². The molecular weight excluding hydrogens is 251 g/mol. The first-order valence-electron chi connectivity index (χ1n) is 5.59. The van der Waals surface area contributed by atoms with Crippen molar-refractivity contribution in [1.82, 2.24) is 5.32 Å². The summed E-state index contributed by atoms with van der Waals surface area (Å²) in [5, 5.41) is 3.59. The van der Waals surface area contributed by atoms with Crippen LogP contribution in [0.4, 0.5) is 10.1 Å². The quantitative estimate of drug-likeness (QED) is 0.834. The van der Waals surface area contributed by atoms with Crippen molar-refractivity contribution in [2.45, 2.75) is 6.04 Å². The van der Waals surface area contributed by atoms with Gasteiger partial charge in [0.25, 0.3) is 0 Å². The number of hydrogen-bond donors (Lipinski definition) is 2. The average molecular weight is 265 g/mol. The molecule has 3 N–H and O–H groups in total. The second kappa shape index (κ2) is 5.38. The maximum Gasteiger partial charge on any atom is 0.128 e. The van der Waals surface area contributed by atoms with Gasteiger partial charge in [0.15, 0.2) is 0 Å². The Hall–Kier alpha value is -1.58. The van der Waals surface area contributed by atoms with Crippen LogP contribution >= 0.6 is 11.6 Å². The van der Waals surface area contributed by atoms with E-state index in [1.54, 1.807) is 19.2 Å². The third-order valence-corrected chi connectivity index (χ3v) is 3.04. The normalized spacial score (nSPS) is 12.4. The van der Waals surface area contributed by atoms with Crippen molar-refractivity contribution in [1.29, 1.82) is 0 Å². The van der Waals surface area contributed by atoms with E-state index in [4.69, 9.17) is 17.3 Å². The summed E-state index contributed by atoms with van der Waals surface area (Å²) in [4.78, 5) is 0. The third kappa shape index (κ3) is 2.63. The molecule has 94 valence electrons. The van der Waals surface area contributed by atoms with Crippen LogP contribution in [0.3, 0.4) is 0 Å². The zero-order chi connectivity index (χ0) is 13.1. The molecule has 2 aromatic carbocycles. The topological polar surface area (TPSA) is 38.0 Å². The van der Waals surface area contributed by atoms with Crippen LogP contribution in [0.25, 0.3) is 0 Å². The van der Waals surface area contributed by atoms with E-state index in [0.717, 1.165) is 5.56 Å². The molecule has 0 amide bonds. The van der Waals surface area contributed by atoms with Gasteiger partial charge in [0, 0.05) is 16.3 Å². The molecule has 0 radical (unpaired) electrons. The summed E-state index contributed by atoms with van der Waals surface area (Å²) in [6, 6.07) is 11.6. The maximum absolute atomic E-state index is 13.9. The fourth-order valence-electron chi connectivity index (χ4n) is 1.98. The van der Waals surface area contributed by atoms with Crippen LogP contribution < -0.4 is 11.1 Å². The Labute approximate surface area is 111 Å². The molecule has 0 saturated heterocycles. The van der Waals surface area contributed by atoms with Gasteiger partial charge in [0.2, 0.25) is 0 Å².